The Balaban J connectivity index is 2.38. The fourth-order valence-corrected chi connectivity index (χ4v) is 1.98. The van der Waals surface area contributed by atoms with Crippen LogP contribution in [0.3, 0.4) is 0 Å². The number of thiophene rings is 1. The summed E-state index contributed by atoms with van der Waals surface area (Å²) in [7, 11) is 0. The van der Waals surface area contributed by atoms with Crippen LogP contribution < -0.4 is 16.4 Å². The Morgan fingerprint density at radius 2 is 2.11 bits per heavy atom. The molecule has 0 aliphatic carbocycles. The molecule has 0 aliphatic heterocycles. The van der Waals surface area contributed by atoms with Gasteiger partial charge in [0.05, 0.1) is 18.5 Å². The molecule has 0 aliphatic rings. The number of anilines is 1. The molecule has 5 N–H and O–H groups in total. The van der Waals surface area contributed by atoms with Crippen molar-refractivity contribution in [1.29, 1.82) is 0 Å². The molecule has 1 aromatic heterocycles. The summed E-state index contributed by atoms with van der Waals surface area (Å²) >= 11 is 1.20. The second-order valence-electron chi connectivity index (χ2n) is 3.40. The maximum absolute atomic E-state index is 11.5. The number of carbonyl (C=O) groups is 3. The van der Waals surface area contributed by atoms with E-state index in [0.29, 0.717) is 5.00 Å². The van der Waals surface area contributed by atoms with Crippen LogP contribution in [0.1, 0.15) is 16.8 Å². The van der Waals surface area contributed by atoms with Crippen LogP contribution in [0, 0.1) is 0 Å². The van der Waals surface area contributed by atoms with E-state index in [1.54, 1.807) is 5.38 Å². The lowest BCUT2D eigenvalue weighted by atomic mass is 10.3. The van der Waals surface area contributed by atoms with Crippen molar-refractivity contribution in [1.82, 2.24) is 5.32 Å². The van der Waals surface area contributed by atoms with Gasteiger partial charge in [0.2, 0.25) is 5.91 Å². The number of nitrogens with one attached hydrogen (secondary N) is 2. The summed E-state index contributed by atoms with van der Waals surface area (Å²) in [5.41, 5.74) is 5.39. The van der Waals surface area contributed by atoms with Crippen LogP contribution in [0.5, 0.6) is 0 Å². The molecule has 18 heavy (non-hydrogen) atoms. The van der Waals surface area contributed by atoms with E-state index in [1.165, 1.54) is 17.4 Å². The molecule has 0 saturated carbocycles. The molecular weight excluding hydrogens is 258 g/mol. The lowest BCUT2D eigenvalue weighted by molar-refractivity contribution is -0.137. The zero-order valence-electron chi connectivity index (χ0n) is 9.43. The Kier molecular flexibility index (Phi) is 5.28. The highest BCUT2D eigenvalue weighted by Gasteiger charge is 2.12. The molecule has 0 fully saturated rings. The fraction of sp³-hybridized carbons (Fsp3) is 0.300. The SMILES string of the molecule is NC(=O)c1ccsc1NC(=O)CNCCC(=O)O. The topological polar surface area (TPSA) is 122 Å². The van der Waals surface area contributed by atoms with Crippen molar-refractivity contribution in [2.75, 3.05) is 18.4 Å². The summed E-state index contributed by atoms with van der Waals surface area (Å²) in [6, 6.07) is 1.53. The summed E-state index contributed by atoms with van der Waals surface area (Å²) in [6.07, 6.45) is -0.0567. The van der Waals surface area contributed by atoms with Crippen LogP contribution >= 0.6 is 11.3 Å². The number of aliphatic carboxylic acids is 1. The molecule has 0 spiro atoms. The molecule has 1 rings (SSSR count). The lowest BCUT2D eigenvalue weighted by Gasteiger charge is -2.05. The highest BCUT2D eigenvalue weighted by Crippen LogP contribution is 2.22. The summed E-state index contributed by atoms with van der Waals surface area (Å²) in [5.74, 6) is -1.90. The van der Waals surface area contributed by atoms with Gasteiger partial charge in [-0.05, 0) is 11.4 Å². The van der Waals surface area contributed by atoms with E-state index in [2.05, 4.69) is 10.6 Å². The number of carboxylic acid groups (broad SMARTS) is 1. The maximum atomic E-state index is 11.5. The molecule has 0 radical (unpaired) electrons. The summed E-state index contributed by atoms with van der Waals surface area (Å²) in [6.45, 7) is 0.180. The predicted octanol–water partition coefficient (Wildman–Crippen LogP) is -0.150. The fourth-order valence-electron chi connectivity index (χ4n) is 1.17. The molecule has 0 atom stereocenters. The van der Waals surface area contributed by atoms with Crippen molar-refractivity contribution >= 4 is 34.1 Å². The van der Waals surface area contributed by atoms with Crippen LogP contribution in [-0.4, -0.2) is 36.0 Å². The van der Waals surface area contributed by atoms with Crippen LogP contribution in [0.4, 0.5) is 5.00 Å². The van der Waals surface area contributed by atoms with Crippen molar-refractivity contribution in [2.45, 2.75) is 6.42 Å². The first-order valence-corrected chi connectivity index (χ1v) is 5.98. The minimum atomic E-state index is -0.933. The van der Waals surface area contributed by atoms with E-state index in [9.17, 15) is 14.4 Å². The smallest absolute Gasteiger partial charge is 0.304 e. The van der Waals surface area contributed by atoms with Gasteiger partial charge in [-0.1, -0.05) is 0 Å². The van der Waals surface area contributed by atoms with Crippen molar-refractivity contribution < 1.29 is 19.5 Å². The van der Waals surface area contributed by atoms with Crippen LogP contribution in [0.25, 0.3) is 0 Å². The van der Waals surface area contributed by atoms with Gasteiger partial charge in [0.25, 0.3) is 5.91 Å². The monoisotopic (exact) mass is 271 g/mol. The normalized spacial score (nSPS) is 10.0. The Hall–Kier alpha value is -1.93. The van der Waals surface area contributed by atoms with Crippen LogP contribution in [0.2, 0.25) is 0 Å². The number of amides is 2. The predicted molar refractivity (Wildman–Crippen MR) is 66.6 cm³/mol. The highest BCUT2D eigenvalue weighted by molar-refractivity contribution is 7.14. The third-order valence-electron chi connectivity index (χ3n) is 1.98. The molecule has 8 heteroatoms. The van der Waals surface area contributed by atoms with Gasteiger partial charge in [-0.3, -0.25) is 14.4 Å². The quantitative estimate of drug-likeness (QED) is 0.514. The highest BCUT2D eigenvalue weighted by atomic mass is 32.1. The molecule has 7 nitrogen and oxygen atoms in total. The molecule has 0 aromatic carbocycles. The van der Waals surface area contributed by atoms with E-state index in [4.69, 9.17) is 10.8 Å². The van der Waals surface area contributed by atoms with Crippen molar-refractivity contribution in [3.63, 3.8) is 0 Å². The zero-order chi connectivity index (χ0) is 13.5. The van der Waals surface area contributed by atoms with E-state index in [1.807, 2.05) is 0 Å². The molecule has 2 amide bonds. The lowest BCUT2D eigenvalue weighted by Crippen LogP contribution is -2.30. The van der Waals surface area contributed by atoms with Gasteiger partial charge in [-0.2, -0.15) is 0 Å². The Morgan fingerprint density at radius 3 is 2.72 bits per heavy atom. The van der Waals surface area contributed by atoms with Gasteiger partial charge in [-0.15, -0.1) is 11.3 Å². The minimum absolute atomic E-state index is 0.0244. The van der Waals surface area contributed by atoms with Gasteiger partial charge in [-0.25, -0.2) is 0 Å². The Bertz CT molecular complexity index is 458. The minimum Gasteiger partial charge on any atom is -0.481 e. The van der Waals surface area contributed by atoms with Crippen molar-refractivity contribution in [3.05, 3.63) is 17.0 Å². The molecule has 1 aromatic rings. The van der Waals surface area contributed by atoms with Crippen LogP contribution in [-0.2, 0) is 9.59 Å². The first-order chi connectivity index (χ1) is 8.50. The first kappa shape index (κ1) is 14.1. The standard InChI is InChI=1S/C10H13N3O4S/c11-9(17)6-2-4-18-10(6)13-7(14)5-12-3-1-8(15)16/h2,4,12H,1,3,5H2,(H2,11,17)(H,13,14)(H,15,16). The largest absolute Gasteiger partial charge is 0.481 e. The van der Waals surface area contributed by atoms with Gasteiger partial charge in [0.1, 0.15) is 5.00 Å². The van der Waals surface area contributed by atoms with E-state index < -0.39 is 11.9 Å². The second-order valence-corrected chi connectivity index (χ2v) is 4.31. The van der Waals surface area contributed by atoms with Gasteiger partial charge >= 0.3 is 5.97 Å². The van der Waals surface area contributed by atoms with E-state index in [0.717, 1.165) is 0 Å². The molecule has 0 bridgehead atoms. The zero-order valence-corrected chi connectivity index (χ0v) is 10.3. The number of primary amides is 1. The van der Waals surface area contributed by atoms with Crippen molar-refractivity contribution in [3.8, 4) is 0 Å². The average molecular weight is 271 g/mol. The Labute approximate surface area is 107 Å². The molecule has 1 heterocycles. The molecule has 0 saturated heterocycles. The third kappa shape index (κ3) is 4.52. The number of hydrogen-bond acceptors (Lipinski definition) is 5. The van der Waals surface area contributed by atoms with Crippen LogP contribution in [0.15, 0.2) is 11.4 Å². The number of carboxylic acids is 1. The van der Waals surface area contributed by atoms with E-state index in [-0.39, 0.29) is 31.0 Å². The Morgan fingerprint density at radius 1 is 1.39 bits per heavy atom. The number of nitrogens with two attached hydrogens (primary N) is 1. The summed E-state index contributed by atoms with van der Waals surface area (Å²) in [5, 5.41) is 15.6. The van der Waals surface area contributed by atoms with Gasteiger partial charge in [0.15, 0.2) is 0 Å². The number of carbonyl (C=O) groups excluding carboxylic acids is 2. The first-order valence-electron chi connectivity index (χ1n) is 5.10. The number of rotatable bonds is 7. The van der Waals surface area contributed by atoms with Gasteiger partial charge in [0, 0.05) is 6.54 Å². The molecule has 98 valence electrons. The third-order valence-corrected chi connectivity index (χ3v) is 2.81. The molecular formula is C10H13N3O4S. The second kappa shape index (κ2) is 6.72. The summed E-state index contributed by atoms with van der Waals surface area (Å²) in [4.78, 5) is 32.7. The summed E-state index contributed by atoms with van der Waals surface area (Å²) < 4.78 is 0. The molecule has 0 unspecified atom stereocenters. The maximum Gasteiger partial charge on any atom is 0.304 e. The van der Waals surface area contributed by atoms with E-state index >= 15 is 0 Å². The van der Waals surface area contributed by atoms with Gasteiger partial charge < -0.3 is 21.5 Å². The average Bonchev–Trinajstić information content (AvgIpc) is 2.72. The number of hydrogen-bond donors (Lipinski definition) is 4. The van der Waals surface area contributed by atoms with Crippen molar-refractivity contribution in [2.24, 2.45) is 5.73 Å².